The van der Waals surface area contributed by atoms with Gasteiger partial charge in [-0.1, -0.05) is 32.0 Å². The van der Waals surface area contributed by atoms with Crippen LogP contribution >= 0.6 is 0 Å². The zero-order valence-electron chi connectivity index (χ0n) is 24.4. The molecule has 0 spiro atoms. The smallest absolute Gasteiger partial charge is 0.384 e. The average molecular weight is 597 g/mol. The molecular formula is C32H35F3N4O4. The molecule has 228 valence electrons. The number of halogens is 3. The summed E-state index contributed by atoms with van der Waals surface area (Å²) in [5.41, 5.74) is 1.73. The number of aromatic nitrogens is 1. The predicted molar refractivity (Wildman–Crippen MR) is 157 cm³/mol. The average Bonchev–Trinajstić information content (AvgIpc) is 3.85. The molecule has 2 aliphatic rings. The second kappa shape index (κ2) is 12.3. The normalized spacial score (nSPS) is 17.9. The van der Waals surface area contributed by atoms with Gasteiger partial charge in [0.1, 0.15) is 6.04 Å². The van der Waals surface area contributed by atoms with Crippen LogP contribution in [0.15, 0.2) is 48.7 Å². The molecule has 1 N–H and O–H groups in total. The lowest BCUT2D eigenvalue weighted by atomic mass is 9.99. The van der Waals surface area contributed by atoms with Crippen LogP contribution in [-0.4, -0.2) is 49.0 Å². The Bertz CT molecular complexity index is 1540. The number of alkyl halides is 3. The number of nitrogens with zero attached hydrogens (tertiary/aromatic N) is 3. The third-order valence-corrected chi connectivity index (χ3v) is 8.26. The van der Waals surface area contributed by atoms with Crippen LogP contribution in [0.25, 0.3) is 10.9 Å². The number of hydrogen-bond donors (Lipinski definition) is 1. The van der Waals surface area contributed by atoms with E-state index in [1.54, 1.807) is 6.92 Å². The van der Waals surface area contributed by atoms with E-state index in [0.717, 1.165) is 47.0 Å². The first-order valence-corrected chi connectivity index (χ1v) is 14.5. The lowest BCUT2D eigenvalue weighted by molar-refractivity contribution is -0.137. The highest BCUT2D eigenvalue weighted by Gasteiger charge is 2.40. The second-order valence-electron chi connectivity index (χ2n) is 11.2. The van der Waals surface area contributed by atoms with Crippen molar-refractivity contribution in [2.24, 2.45) is 5.92 Å². The third kappa shape index (κ3) is 6.36. The summed E-state index contributed by atoms with van der Waals surface area (Å²) in [6.07, 6.45) is -0.511. The van der Waals surface area contributed by atoms with Crippen molar-refractivity contribution < 1.29 is 32.3 Å². The maximum atomic E-state index is 14.4. The fourth-order valence-electron chi connectivity index (χ4n) is 5.44. The molecule has 2 heterocycles. The number of pyridine rings is 1. The Hall–Kier alpha value is -3.99. The van der Waals surface area contributed by atoms with Crippen molar-refractivity contribution in [2.45, 2.75) is 64.2 Å². The maximum Gasteiger partial charge on any atom is 0.416 e. The highest BCUT2D eigenvalue weighted by molar-refractivity contribution is 6.08. The number of carbonyl (C=O) groups excluding carboxylic acids is 3. The fourth-order valence-corrected chi connectivity index (χ4v) is 5.44. The summed E-state index contributed by atoms with van der Waals surface area (Å²) in [5, 5.41) is 3.63. The van der Waals surface area contributed by atoms with Crippen molar-refractivity contribution >= 4 is 40.0 Å². The summed E-state index contributed by atoms with van der Waals surface area (Å²) in [7, 11) is 1.42. The van der Waals surface area contributed by atoms with Crippen LogP contribution in [0.3, 0.4) is 0 Å². The van der Waals surface area contributed by atoms with E-state index in [1.165, 1.54) is 23.0 Å². The number of para-hydroxylation sites is 1. The van der Waals surface area contributed by atoms with Gasteiger partial charge in [0, 0.05) is 24.6 Å². The molecule has 1 aromatic heterocycles. The summed E-state index contributed by atoms with van der Waals surface area (Å²) >= 11 is 0. The van der Waals surface area contributed by atoms with Gasteiger partial charge in [-0.3, -0.25) is 19.4 Å². The van der Waals surface area contributed by atoms with Gasteiger partial charge >= 0.3 is 6.18 Å². The molecule has 0 saturated heterocycles. The zero-order chi connectivity index (χ0) is 30.9. The van der Waals surface area contributed by atoms with E-state index < -0.39 is 35.5 Å². The number of ether oxygens (including phenoxy) is 1. The fraction of sp³-hybridized carbons (Fsp3) is 0.438. The molecule has 0 bridgehead atoms. The second-order valence-corrected chi connectivity index (χ2v) is 11.2. The van der Waals surface area contributed by atoms with E-state index in [0.29, 0.717) is 6.42 Å². The summed E-state index contributed by atoms with van der Waals surface area (Å²) in [4.78, 5) is 48.1. The molecule has 0 radical (unpaired) electrons. The van der Waals surface area contributed by atoms with Gasteiger partial charge in [-0.2, -0.15) is 13.2 Å². The Kier molecular flexibility index (Phi) is 8.73. The van der Waals surface area contributed by atoms with E-state index in [4.69, 9.17) is 4.74 Å². The first-order chi connectivity index (χ1) is 20.5. The van der Waals surface area contributed by atoms with Crippen molar-refractivity contribution in [2.75, 3.05) is 30.1 Å². The minimum absolute atomic E-state index is 0.0296. The Morgan fingerprint density at radius 1 is 1.14 bits per heavy atom. The van der Waals surface area contributed by atoms with Crippen LogP contribution in [0.2, 0.25) is 0 Å². The molecular weight excluding hydrogens is 561 g/mol. The summed E-state index contributed by atoms with van der Waals surface area (Å²) < 4.78 is 46.9. The zero-order valence-corrected chi connectivity index (χ0v) is 24.4. The van der Waals surface area contributed by atoms with Crippen molar-refractivity contribution in [3.05, 3.63) is 65.4 Å². The molecule has 3 amide bonds. The highest BCUT2D eigenvalue weighted by atomic mass is 19.4. The Labute approximate surface area is 248 Å². The molecule has 43 heavy (non-hydrogen) atoms. The van der Waals surface area contributed by atoms with Crippen LogP contribution in [0, 0.1) is 5.92 Å². The van der Waals surface area contributed by atoms with Crippen LogP contribution in [0.4, 0.5) is 24.5 Å². The van der Waals surface area contributed by atoms with Gasteiger partial charge in [0.15, 0.2) is 0 Å². The lowest BCUT2D eigenvalue weighted by Gasteiger charge is -2.28. The highest BCUT2D eigenvalue weighted by Crippen LogP contribution is 2.45. The van der Waals surface area contributed by atoms with Crippen LogP contribution in [-0.2, 0) is 31.8 Å². The van der Waals surface area contributed by atoms with Crippen molar-refractivity contribution in [3.63, 3.8) is 0 Å². The van der Waals surface area contributed by atoms with Gasteiger partial charge in [0.2, 0.25) is 11.8 Å². The molecule has 1 aliphatic heterocycles. The summed E-state index contributed by atoms with van der Waals surface area (Å²) in [5.74, 6) is -1.54. The molecule has 2 atom stereocenters. The van der Waals surface area contributed by atoms with Gasteiger partial charge < -0.3 is 19.9 Å². The standard InChI is InChI=1S/C32H35F3N4O4/c1-4-19(2)30(41)37-26-18-38(29(40)13-14-43-3)28-15-21(32(33,34)35)11-12-27(28)39(31(26)42)17-24-22-7-5-6-8-25(22)36-16-23(24)20-9-10-20/h5-8,11-12,15-16,19-20,26H,4,9-10,13-14,17-18H2,1-3H3,(H,37,41)/t19-,26+/m1/s1. The minimum Gasteiger partial charge on any atom is -0.384 e. The van der Waals surface area contributed by atoms with Crippen molar-refractivity contribution in [1.82, 2.24) is 10.3 Å². The summed E-state index contributed by atoms with van der Waals surface area (Å²) in [6.45, 7) is 3.32. The SMILES string of the molecule is CC[C@@H](C)C(=O)N[C@H]1CN(C(=O)CCOC)c2cc(C(F)(F)F)ccc2N(Cc2c(C3CC3)cnc3ccccc23)C1=O. The van der Waals surface area contributed by atoms with Crippen LogP contribution < -0.4 is 15.1 Å². The topological polar surface area (TPSA) is 91.8 Å². The molecule has 3 aromatic rings. The Morgan fingerprint density at radius 2 is 1.88 bits per heavy atom. The van der Waals surface area contributed by atoms with Crippen molar-refractivity contribution in [1.29, 1.82) is 0 Å². The molecule has 8 nitrogen and oxygen atoms in total. The minimum atomic E-state index is -4.68. The Balaban J connectivity index is 1.68. The maximum absolute atomic E-state index is 14.4. The number of hydrogen-bond acceptors (Lipinski definition) is 5. The lowest BCUT2D eigenvalue weighted by Crippen LogP contribution is -2.53. The van der Waals surface area contributed by atoms with Crippen LogP contribution in [0.5, 0.6) is 0 Å². The molecule has 1 aliphatic carbocycles. The molecule has 1 saturated carbocycles. The molecule has 2 aromatic carbocycles. The van der Waals surface area contributed by atoms with Gasteiger partial charge in [0.05, 0.1) is 48.6 Å². The van der Waals surface area contributed by atoms with Gasteiger partial charge in [-0.05, 0) is 60.6 Å². The van der Waals surface area contributed by atoms with E-state index in [1.807, 2.05) is 37.4 Å². The number of nitrogens with one attached hydrogen (secondary N) is 1. The number of rotatable bonds is 9. The van der Waals surface area contributed by atoms with E-state index >= 15 is 0 Å². The number of carbonyl (C=O) groups is 3. The monoisotopic (exact) mass is 596 g/mol. The van der Waals surface area contributed by atoms with E-state index in [-0.39, 0.29) is 49.3 Å². The number of fused-ring (bicyclic) bond motifs is 2. The molecule has 1 fully saturated rings. The van der Waals surface area contributed by atoms with Crippen molar-refractivity contribution in [3.8, 4) is 0 Å². The Morgan fingerprint density at radius 3 is 2.56 bits per heavy atom. The van der Waals surface area contributed by atoms with E-state index in [9.17, 15) is 27.6 Å². The van der Waals surface area contributed by atoms with E-state index in [2.05, 4.69) is 10.3 Å². The summed E-state index contributed by atoms with van der Waals surface area (Å²) in [6, 6.07) is 9.41. The number of benzene rings is 2. The largest absolute Gasteiger partial charge is 0.416 e. The number of anilines is 2. The van der Waals surface area contributed by atoms with Gasteiger partial charge in [0.25, 0.3) is 5.91 Å². The molecule has 0 unspecified atom stereocenters. The number of amides is 3. The van der Waals surface area contributed by atoms with Gasteiger partial charge in [-0.15, -0.1) is 0 Å². The number of methoxy groups -OCH3 is 1. The van der Waals surface area contributed by atoms with Gasteiger partial charge in [-0.25, -0.2) is 0 Å². The molecule has 11 heteroatoms. The first-order valence-electron chi connectivity index (χ1n) is 14.5. The van der Waals surface area contributed by atoms with Crippen LogP contribution in [0.1, 0.15) is 62.1 Å². The quantitative estimate of drug-likeness (QED) is 0.348. The third-order valence-electron chi connectivity index (χ3n) is 8.26. The molecule has 5 rings (SSSR count). The first kappa shape index (κ1) is 30.5. The predicted octanol–water partition coefficient (Wildman–Crippen LogP) is 5.58.